The first-order chi connectivity index (χ1) is 8.66. The first-order valence-corrected chi connectivity index (χ1v) is 4.43. The minimum Gasteiger partial charge on any atom is -0.421 e. The van der Waals surface area contributed by atoms with Crippen molar-refractivity contribution in [1.29, 1.82) is 0 Å². The summed E-state index contributed by atoms with van der Waals surface area (Å²) < 4.78 is 52.6. The predicted octanol–water partition coefficient (Wildman–Crippen LogP) is 2.74. The third-order valence-corrected chi connectivity index (χ3v) is 1.86. The normalized spacial score (nSPS) is 11.4. The molecule has 1 aromatic rings. The maximum Gasteiger partial charge on any atom is 0.461 e. The number of hydrogen-bond acceptors (Lipinski definition) is 5. The van der Waals surface area contributed by atoms with Gasteiger partial charge in [0.05, 0.1) is 9.85 Å². The highest BCUT2D eigenvalue weighted by Crippen LogP contribution is 2.39. The second-order valence-electron chi connectivity index (χ2n) is 3.10. The van der Waals surface area contributed by atoms with Gasteiger partial charge >= 0.3 is 23.9 Å². The molecule has 0 N–H and O–H groups in total. The van der Waals surface area contributed by atoms with E-state index < -0.39 is 39.5 Å². The molecule has 0 bridgehead atoms. The minimum absolute atomic E-state index is 0.557. The number of rotatable bonds is 5. The van der Waals surface area contributed by atoms with Crippen LogP contribution in [0.4, 0.5) is 28.9 Å². The molecule has 1 aromatic carbocycles. The van der Waals surface area contributed by atoms with E-state index in [4.69, 9.17) is 0 Å². The molecule has 0 aromatic heterocycles. The summed E-state index contributed by atoms with van der Waals surface area (Å²) in [6.45, 7) is 0. The van der Waals surface area contributed by atoms with Gasteiger partial charge in [0.1, 0.15) is 0 Å². The van der Waals surface area contributed by atoms with E-state index in [0.717, 1.165) is 6.07 Å². The van der Waals surface area contributed by atoms with Crippen molar-refractivity contribution < 1.29 is 32.1 Å². The van der Waals surface area contributed by atoms with Gasteiger partial charge < -0.3 is 4.74 Å². The van der Waals surface area contributed by atoms with Gasteiger partial charge in [-0.15, -0.1) is 0 Å². The van der Waals surface area contributed by atoms with Crippen LogP contribution in [0.15, 0.2) is 18.2 Å². The molecule has 0 spiro atoms. The Kier molecular flexibility index (Phi) is 3.87. The Hall–Kier alpha value is -2.46. The quantitative estimate of drug-likeness (QED) is 0.470. The molecule has 0 amide bonds. The van der Waals surface area contributed by atoms with Gasteiger partial charge in [0.25, 0.3) is 0 Å². The van der Waals surface area contributed by atoms with Gasteiger partial charge in [0.2, 0.25) is 5.75 Å². The van der Waals surface area contributed by atoms with Crippen LogP contribution in [-0.4, -0.2) is 22.4 Å². The Balaban J connectivity index is 3.33. The second kappa shape index (κ2) is 5.04. The van der Waals surface area contributed by atoms with Crippen molar-refractivity contribution in [3.05, 3.63) is 38.4 Å². The van der Waals surface area contributed by atoms with E-state index in [9.17, 15) is 37.8 Å². The van der Waals surface area contributed by atoms with Crippen LogP contribution in [0.2, 0.25) is 0 Å². The van der Waals surface area contributed by atoms with Crippen molar-refractivity contribution in [1.82, 2.24) is 0 Å². The van der Waals surface area contributed by atoms with Crippen LogP contribution < -0.4 is 4.74 Å². The summed E-state index contributed by atoms with van der Waals surface area (Å²) in [5.41, 5.74) is -2.57. The van der Waals surface area contributed by atoms with E-state index in [1.807, 2.05) is 0 Å². The van der Waals surface area contributed by atoms with Crippen LogP contribution in [0, 0.1) is 20.2 Å². The maximum atomic E-state index is 12.6. The molecule has 104 valence electrons. The predicted molar refractivity (Wildman–Crippen MR) is 51.3 cm³/mol. The molecule has 0 atom stereocenters. The van der Waals surface area contributed by atoms with Crippen molar-refractivity contribution in [2.75, 3.05) is 0 Å². The molecule has 7 nitrogen and oxygen atoms in total. The molecule has 0 fully saturated rings. The molecule has 0 radical (unpaired) electrons. The number of para-hydroxylation sites is 1. The summed E-state index contributed by atoms with van der Waals surface area (Å²) in [6, 6.07) is 2.01. The van der Waals surface area contributed by atoms with E-state index in [0.29, 0.717) is 12.1 Å². The summed E-state index contributed by atoms with van der Waals surface area (Å²) in [7, 11) is 0. The zero-order chi connectivity index (χ0) is 14.8. The summed E-state index contributed by atoms with van der Waals surface area (Å²) in [5.74, 6) is -1.32. The van der Waals surface area contributed by atoms with Crippen molar-refractivity contribution >= 4 is 11.4 Å². The number of benzene rings is 1. The molecule has 11 heteroatoms. The Labute approximate surface area is 101 Å². The van der Waals surface area contributed by atoms with Gasteiger partial charge in [-0.05, 0) is 6.07 Å². The van der Waals surface area contributed by atoms with Gasteiger partial charge in [0, 0.05) is 6.07 Å². The van der Waals surface area contributed by atoms with E-state index in [1.165, 1.54) is 0 Å². The fraction of sp³-hybridized carbons (Fsp3) is 0.250. The van der Waals surface area contributed by atoms with E-state index in [2.05, 4.69) is 4.74 Å². The maximum absolute atomic E-state index is 12.6. The molecule has 0 unspecified atom stereocenters. The molecular formula is C8H4F4N2O5. The number of alkyl halides is 4. The van der Waals surface area contributed by atoms with Gasteiger partial charge in [-0.1, -0.05) is 6.07 Å². The second-order valence-corrected chi connectivity index (χ2v) is 3.10. The Morgan fingerprint density at radius 2 is 1.74 bits per heavy atom. The molecular weight excluding hydrogens is 280 g/mol. The average molecular weight is 284 g/mol. The van der Waals surface area contributed by atoms with Gasteiger partial charge in [-0.2, -0.15) is 17.6 Å². The van der Waals surface area contributed by atoms with Crippen molar-refractivity contribution in [2.45, 2.75) is 12.5 Å². The highest BCUT2D eigenvalue weighted by Gasteiger charge is 2.46. The fourth-order valence-electron chi connectivity index (χ4n) is 1.12. The van der Waals surface area contributed by atoms with Crippen LogP contribution in [0.5, 0.6) is 5.75 Å². The molecule has 0 aliphatic carbocycles. The Bertz CT molecular complexity index is 522. The van der Waals surface area contributed by atoms with Gasteiger partial charge in [-0.3, -0.25) is 20.2 Å². The van der Waals surface area contributed by atoms with Gasteiger partial charge in [-0.25, -0.2) is 0 Å². The zero-order valence-electron chi connectivity index (χ0n) is 8.76. The summed E-state index contributed by atoms with van der Waals surface area (Å²) in [6.07, 6.45) is -9.24. The first-order valence-electron chi connectivity index (χ1n) is 4.43. The minimum atomic E-state index is -5.00. The number of nitro groups is 2. The average Bonchev–Trinajstić information content (AvgIpc) is 2.27. The standard InChI is InChI=1S/C8H4F4N2O5/c9-7(10)8(11,12)19-5-3-1-2-4(13(15)16)6(5)14(17)18/h1-3,7H. The van der Waals surface area contributed by atoms with Crippen LogP contribution in [0.1, 0.15) is 0 Å². The number of nitrogens with zero attached hydrogens (tertiary/aromatic N) is 2. The van der Waals surface area contributed by atoms with Crippen molar-refractivity contribution in [3.63, 3.8) is 0 Å². The van der Waals surface area contributed by atoms with Crippen LogP contribution in [-0.2, 0) is 0 Å². The lowest BCUT2D eigenvalue weighted by Gasteiger charge is -2.16. The number of nitro benzene ring substituents is 2. The Morgan fingerprint density at radius 1 is 1.16 bits per heavy atom. The van der Waals surface area contributed by atoms with Crippen LogP contribution in [0.25, 0.3) is 0 Å². The molecule has 0 aliphatic heterocycles. The fourth-order valence-corrected chi connectivity index (χ4v) is 1.12. The largest absolute Gasteiger partial charge is 0.461 e. The molecule has 0 saturated heterocycles. The molecule has 0 heterocycles. The monoisotopic (exact) mass is 284 g/mol. The lowest BCUT2D eigenvalue weighted by Crippen LogP contribution is -2.33. The number of hydrogen-bond donors (Lipinski definition) is 0. The molecule has 0 saturated carbocycles. The zero-order valence-corrected chi connectivity index (χ0v) is 8.76. The van der Waals surface area contributed by atoms with E-state index >= 15 is 0 Å². The summed E-state index contributed by atoms with van der Waals surface area (Å²) >= 11 is 0. The van der Waals surface area contributed by atoms with E-state index in [-0.39, 0.29) is 0 Å². The lowest BCUT2D eigenvalue weighted by atomic mass is 10.2. The van der Waals surface area contributed by atoms with Crippen molar-refractivity contribution in [3.8, 4) is 5.75 Å². The van der Waals surface area contributed by atoms with E-state index in [1.54, 1.807) is 0 Å². The summed E-state index contributed by atoms with van der Waals surface area (Å²) in [5, 5.41) is 21.1. The highest BCUT2D eigenvalue weighted by molar-refractivity contribution is 5.61. The Morgan fingerprint density at radius 3 is 2.16 bits per heavy atom. The lowest BCUT2D eigenvalue weighted by molar-refractivity contribution is -0.424. The molecule has 19 heavy (non-hydrogen) atoms. The topological polar surface area (TPSA) is 95.5 Å². The molecule has 0 aliphatic rings. The summed E-state index contributed by atoms with van der Waals surface area (Å²) in [4.78, 5) is 18.5. The smallest absolute Gasteiger partial charge is 0.421 e. The number of halogens is 4. The third kappa shape index (κ3) is 3.05. The highest BCUT2D eigenvalue weighted by atomic mass is 19.3. The first kappa shape index (κ1) is 14.6. The molecule has 1 rings (SSSR count). The van der Waals surface area contributed by atoms with Gasteiger partial charge in [0.15, 0.2) is 0 Å². The van der Waals surface area contributed by atoms with Crippen molar-refractivity contribution in [2.24, 2.45) is 0 Å². The number of ether oxygens (including phenoxy) is 1. The van der Waals surface area contributed by atoms with Crippen LogP contribution in [0.3, 0.4) is 0 Å². The van der Waals surface area contributed by atoms with Crippen LogP contribution >= 0.6 is 0 Å². The SMILES string of the molecule is O=[N+]([O-])c1cccc(OC(F)(F)C(F)F)c1[N+](=O)[O-]. The third-order valence-electron chi connectivity index (χ3n) is 1.86.